The Bertz CT molecular complexity index is 722. The predicted molar refractivity (Wildman–Crippen MR) is 110 cm³/mol. The lowest BCUT2D eigenvalue weighted by Gasteiger charge is -2.16. The summed E-state index contributed by atoms with van der Waals surface area (Å²) in [6.07, 6.45) is 2.31. The van der Waals surface area contributed by atoms with E-state index in [0.717, 1.165) is 37.1 Å². The molecule has 0 aromatic heterocycles. The first kappa shape index (κ1) is 21.2. The number of rotatable bonds is 10. The first-order valence-corrected chi connectivity index (χ1v) is 9.91. The van der Waals surface area contributed by atoms with Gasteiger partial charge in [0.15, 0.2) is 11.5 Å². The number of unbranched alkanes of at least 4 members (excludes halogenated alkanes) is 1. The lowest BCUT2D eigenvalue weighted by molar-refractivity contribution is 0.269. The summed E-state index contributed by atoms with van der Waals surface area (Å²) in [4.78, 5) is 0. The van der Waals surface area contributed by atoms with Crippen LogP contribution in [0.3, 0.4) is 0 Å². The lowest BCUT2D eigenvalue weighted by Crippen LogP contribution is -2.14. The van der Waals surface area contributed by atoms with Gasteiger partial charge in [-0.2, -0.15) is 0 Å². The molecular formula is C20H24Cl3NO2. The monoisotopic (exact) mass is 415 g/mol. The van der Waals surface area contributed by atoms with E-state index in [2.05, 4.69) is 12.2 Å². The summed E-state index contributed by atoms with van der Waals surface area (Å²) in [7, 11) is 0. The van der Waals surface area contributed by atoms with Gasteiger partial charge in [0.05, 0.1) is 11.6 Å². The van der Waals surface area contributed by atoms with Gasteiger partial charge >= 0.3 is 0 Å². The van der Waals surface area contributed by atoms with Crippen LogP contribution in [0.5, 0.6) is 11.5 Å². The van der Waals surface area contributed by atoms with Gasteiger partial charge in [-0.25, -0.2) is 0 Å². The summed E-state index contributed by atoms with van der Waals surface area (Å²) >= 11 is 18.6. The molecule has 0 atom stereocenters. The van der Waals surface area contributed by atoms with Crippen LogP contribution in [0.4, 0.5) is 0 Å². The van der Waals surface area contributed by atoms with E-state index >= 15 is 0 Å². The molecule has 2 aromatic rings. The van der Waals surface area contributed by atoms with Crippen LogP contribution in [-0.2, 0) is 13.2 Å². The van der Waals surface area contributed by atoms with E-state index in [4.69, 9.17) is 44.3 Å². The standard InChI is InChI=1S/C20H24Cl3NO2/c1-3-5-8-24-12-14-9-18(23)20(19(10-14)25-4-2)26-13-15-6-7-16(21)11-17(15)22/h6-7,9-11,24H,3-5,8,12-13H2,1-2H3. The fourth-order valence-corrected chi connectivity index (χ4v) is 3.20. The third-order valence-corrected chi connectivity index (χ3v) is 4.66. The number of ether oxygens (including phenoxy) is 2. The lowest BCUT2D eigenvalue weighted by atomic mass is 10.2. The van der Waals surface area contributed by atoms with E-state index in [-0.39, 0.29) is 6.61 Å². The Hall–Kier alpha value is -1.13. The molecule has 0 saturated carbocycles. The second kappa shape index (κ2) is 10.9. The highest BCUT2D eigenvalue weighted by Gasteiger charge is 2.14. The molecule has 0 heterocycles. The quantitative estimate of drug-likeness (QED) is 0.447. The largest absolute Gasteiger partial charge is 0.490 e. The maximum atomic E-state index is 6.45. The molecule has 0 amide bonds. The number of benzene rings is 2. The van der Waals surface area contributed by atoms with Gasteiger partial charge in [0.2, 0.25) is 0 Å². The fraction of sp³-hybridized carbons (Fsp3) is 0.400. The van der Waals surface area contributed by atoms with E-state index in [1.165, 1.54) is 0 Å². The zero-order valence-electron chi connectivity index (χ0n) is 15.1. The maximum absolute atomic E-state index is 6.45. The number of halogens is 3. The first-order chi connectivity index (χ1) is 12.5. The topological polar surface area (TPSA) is 30.5 Å². The first-order valence-electron chi connectivity index (χ1n) is 8.77. The molecule has 3 nitrogen and oxygen atoms in total. The summed E-state index contributed by atoms with van der Waals surface area (Å²) in [5.74, 6) is 1.16. The van der Waals surface area contributed by atoms with E-state index in [1.54, 1.807) is 12.1 Å². The average molecular weight is 417 g/mol. The SMILES string of the molecule is CCCCNCc1cc(Cl)c(OCc2ccc(Cl)cc2Cl)c(OCC)c1. The molecule has 0 spiro atoms. The van der Waals surface area contributed by atoms with Gasteiger partial charge in [0.25, 0.3) is 0 Å². The molecule has 0 saturated heterocycles. The Morgan fingerprint density at radius 3 is 2.46 bits per heavy atom. The Labute approximate surface area is 170 Å². The van der Waals surface area contributed by atoms with Crippen LogP contribution in [0.2, 0.25) is 15.1 Å². The predicted octanol–water partition coefficient (Wildman–Crippen LogP) is 6.51. The smallest absolute Gasteiger partial charge is 0.180 e. The Kier molecular flexibility index (Phi) is 8.86. The molecular weight excluding hydrogens is 393 g/mol. The minimum atomic E-state index is 0.282. The fourth-order valence-electron chi connectivity index (χ4n) is 2.45. The van der Waals surface area contributed by atoms with Crippen LogP contribution in [0.25, 0.3) is 0 Å². The van der Waals surface area contributed by atoms with E-state index < -0.39 is 0 Å². The molecule has 0 fully saturated rings. The highest BCUT2D eigenvalue weighted by Crippen LogP contribution is 2.37. The van der Waals surface area contributed by atoms with Crippen LogP contribution < -0.4 is 14.8 Å². The van der Waals surface area contributed by atoms with Gasteiger partial charge in [-0.15, -0.1) is 0 Å². The van der Waals surface area contributed by atoms with Crippen LogP contribution in [-0.4, -0.2) is 13.2 Å². The molecule has 2 rings (SSSR count). The van der Waals surface area contributed by atoms with E-state index in [9.17, 15) is 0 Å². The molecule has 6 heteroatoms. The number of nitrogens with one attached hydrogen (secondary N) is 1. The summed E-state index contributed by atoms with van der Waals surface area (Å²) in [5.41, 5.74) is 1.89. The molecule has 0 aliphatic rings. The van der Waals surface area contributed by atoms with Gasteiger partial charge < -0.3 is 14.8 Å². The summed E-state index contributed by atoms with van der Waals surface area (Å²) < 4.78 is 11.7. The second-order valence-electron chi connectivity index (χ2n) is 5.89. The van der Waals surface area contributed by atoms with Crippen molar-refractivity contribution in [2.75, 3.05) is 13.2 Å². The molecule has 0 bridgehead atoms. The number of hydrogen-bond acceptors (Lipinski definition) is 3. The van der Waals surface area contributed by atoms with Crippen molar-refractivity contribution >= 4 is 34.8 Å². The summed E-state index contributed by atoms with van der Waals surface area (Å²) in [6, 6.07) is 9.18. The van der Waals surface area contributed by atoms with Gasteiger partial charge in [0, 0.05) is 22.2 Å². The molecule has 0 unspecified atom stereocenters. The molecule has 26 heavy (non-hydrogen) atoms. The summed E-state index contributed by atoms with van der Waals surface area (Å²) in [6.45, 7) is 6.63. The van der Waals surface area contributed by atoms with Crippen molar-refractivity contribution in [1.82, 2.24) is 5.32 Å². The minimum Gasteiger partial charge on any atom is -0.490 e. The second-order valence-corrected chi connectivity index (χ2v) is 7.14. The van der Waals surface area contributed by atoms with Crippen molar-refractivity contribution in [3.63, 3.8) is 0 Å². The van der Waals surface area contributed by atoms with Gasteiger partial charge in [-0.1, -0.05) is 54.2 Å². The highest BCUT2D eigenvalue weighted by atomic mass is 35.5. The van der Waals surface area contributed by atoms with Gasteiger partial charge in [-0.05, 0) is 49.7 Å². The van der Waals surface area contributed by atoms with Crippen LogP contribution in [0.1, 0.15) is 37.8 Å². The minimum absolute atomic E-state index is 0.282. The Balaban J connectivity index is 2.13. The molecule has 142 valence electrons. The Morgan fingerprint density at radius 2 is 1.77 bits per heavy atom. The molecule has 2 aromatic carbocycles. The molecule has 1 N–H and O–H groups in total. The van der Waals surface area contributed by atoms with Crippen molar-refractivity contribution < 1.29 is 9.47 Å². The zero-order chi connectivity index (χ0) is 18.9. The van der Waals surface area contributed by atoms with Crippen LogP contribution >= 0.6 is 34.8 Å². The van der Waals surface area contributed by atoms with Crippen LogP contribution in [0.15, 0.2) is 30.3 Å². The average Bonchev–Trinajstić information content (AvgIpc) is 2.60. The van der Waals surface area contributed by atoms with Crippen molar-refractivity contribution in [1.29, 1.82) is 0 Å². The third-order valence-electron chi connectivity index (χ3n) is 3.79. The van der Waals surface area contributed by atoms with E-state index in [0.29, 0.717) is 33.2 Å². The maximum Gasteiger partial charge on any atom is 0.180 e. The highest BCUT2D eigenvalue weighted by molar-refractivity contribution is 6.35. The normalized spacial score (nSPS) is 10.8. The Morgan fingerprint density at radius 1 is 0.962 bits per heavy atom. The van der Waals surface area contributed by atoms with Gasteiger partial charge in [0.1, 0.15) is 6.61 Å². The zero-order valence-corrected chi connectivity index (χ0v) is 17.3. The van der Waals surface area contributed by atoms with Crippen molar-refractivity contribution in [3.8, 4) is 11.5 Å². The molecule has 0 aliphatic carbocycles. The van der Waals surface area contributed by atoms with Crippen LogP contribution in [0, 0.1) is 0 Å². The third kappa shape index (κ3) is 6.24. The molecule has 0 radical (unpaired) electrons. The van der Waals surface area contributed by atoms with Crippen molar-refractivity contribution in [2.45, 2.75) is 39.8 Å². The van der Waals surface area contributed by atoms with Gasteiger partial charge in [-0.3, -0.25) is 0 Å². The van der Waals surface area contributed by atoms with Crippen molar-refractivity contribution in [2.24, 2.45) is 0 Å². The van der Waals surface area contributed by atoms with Crippen molar-refractivity contribution in [3.05, 3.63) is 56.5 Å². The van der Waals surface area contributed by atoms with E-state index in [1.807, 2.05) is 25.1 Å². The molecule has 0 aliphatic heterocycles. The number of hydrogen-bond donors (Lipinski definition) is 1. The summed E-state index contributed by atoms with van der Waals surface area (Å²) in [5, 5.41) is 5.07.